The highest BCUT2D eigenvalue weighted by atomic mass is 35.5. The van der Waals surface area contributed by atoms with Gasteiger partial charge in [0.2, 0.25) is 0 Å². The molecule has 0 aliphatic heterocycles. The Morgan fingerprint density at radius 2 is 1.67 bits per heavy atom. The van der Waals surface area contributed by atoms with E-state index in [1.165, 1.54) is 11.8 Å². The van der Waals surface area contributed by atoms with Crippen molar-refractivity contribution in [1.82, 2.24) is 0 Å². The van der Waals surface area contributed by atoms with Crippen LogP contribution in [0.3, 0.4) is 0 Å². The Kier molecular flexibility index (Phi) is 35.9. The number of alkyl halides is 1. The average molecular weight is 333 g/mol. The lowest BCUT2D eigenvalue weighted by atomic mass is 10.6. The molecule has 10 heteroatoms. The van der Waals surface area contributed by atoms with Gasteiger partial charge in [-0.25, -0.2) is 0 Å². The topological polar surface area (TPSA) is 149 Å². The van der Waals surface area contributed by atoms with E-state index in [2.05, 4.69) is 23.7 Å². The number of thiocarbonyl (C=S) groups is 1. The van der Waals surface area contributed by atoms with Crippen molar-refractivity contribution in [2.75, 3.05) is 11.6 Å². The molecule has 0 radical (unpaired) electrons. The van der Waals surface area contributed by atoms with Crippen LogP contribution in [0.15, 0.2) is 0 Å². The Hall–Kier alpha value is -0.930. The van der Waals surface area contributed by atoms with Crippen molar-refractivity contribution in [2.24, 2.45) is 17.2 Å². The molecule has 106 valence electrons. The molecule has 0 bridgehead atoms. The third-order valence-electron chi connectivity index (χ3n) is 0.678. The third kappa shape index (κ3) is 81.0. The van der Waals surface area contributed by atoms with Gasteiger partial charge in [0.05, 0.1) is 12.1 Å². The lowest BCUT2D eigenvalue weighted by Crippen LogP contribution is -2.18. The van der Waals surface area contributed by atoms with Crippen LogP contribution in [0, 0.1) is 28.1 Å². The van der Waals surface area contributed by atoms with Crippen molar-refractivity contribution in [3.8, 4) is 12.1 Å². The van der Waals surface area contributed by atoms with E-state index in [0.29, 0.717) is 24.5 Å². The van der Waals surface area contributed by atoms with Crippen molar-refractivity contribution >= 4 is 58.3 Å². The number of nitrogens with zero attached hydrogens (tertiary/aromatic N) is 2. The van der Waals surface area contributed by atoms with Crippen LogP contribution >= 0.6 is 48.0 Å². The van der Waals surface area contributed by atoms with E-state index in [4.69, 9.17) is 33.3 Å². The Labute approximate surface area is 129 Å². The Balaban J connectivity index is -0.0000000524. The van der Waals surface area contributed by atoms with E-state index in [0.717, 1.165) is 0 Å². The van der Waals surface area contributed by atoms with Gasteiger partial charge >= 0.3 is 0 Å². The zero-order chi connectivity index (χ0) is 14.1. The van der Waals surface area contributed by atoms with Crippen molar-refractivity contribution in [1.29, 1.82) is 15.9 Å². The molecule has 0 spiro atoms. The highest BCUT2D eigenvalue weighted by Crippen LogP contribution is 1.98. The number of nitriles is 2. The maximum absolute atomic E-state index is 8.00. The number of hydrogen-bond donors (Lipinski definition) is 4. The summed E-state index contributed by atoms with van der Waals surface area (Å²) in [6.45, 7) is 0. The minimum atomic E-state index is 0. The molecule has 18 heavy (non-hydrogen) atoms. The summed E-state index contributed by atoms with van der Waals surface area (Å²) >= 11 is 10.4. The molecule has 0 atom stereocenters. The van der Waals surface area contributed by atoms with Crippen LogP contribution in [0.2, 0.25) is 0 Å². The van der Waals surface area contributed by atoms with Gasteiger partial charge in [-0.15, -0.1) is 24.0 Å². The molecule has 0 heterocycles. The van der Waals surface area contributed by atoms with Gasteiger partial charge in [0.25, 0.3) is 0 Å². The summed E-state index contributed by atoms with van der Waals surface area (Å²) in [4.78, 5) is 0. The lowest BCUT2D eigenvalue weighted by Gasteiger charge is -1.89. The molecular weight excluding hydrogens is 315 g/mol. The average Bonchev–Trinajstić information content (AvgIpc) is 2.19. The standard InChI is InChI=1S/C4H7N3S.C3H4ClN.CH4N2S.ClH.H2/c5-2-1-3-8-4(6)7;4-2-1-3-5;2-1(3)4;;/h1,3H2,(H3,6,7);1-2H2;(H4,2,3,4);2*1H. The molecule has 0 fully saturated rings. The molecule has 0 saturated heterocycles. The Morgan fingerprint density at radius 3 is 1.83 bits per heavy atom. The van der Waals surface area contributed by atoms with Crippen molar-refractivity contribution in [2.45, 2.75) is 12.8 Å². The fourth-order valence-electron chi connectivity index (χ4n) is 0.249. The highest BCUT2D eigenvalue weighted by Gasteiger charge is 1.87. The smallest absolute Gasteiger partial charge is 0.160 e. The van der Waals surface area contributed by atoms with E-state index in [1.54, 1.807) is 0 Å². The predicted molar refractivity (Wildman–Crippen MR) is 85.9 cm³/mol. The molecule has 0 aliphatic carbocycles. The SMILES string of the molecule is Cl.N#CCCCl.N#CCCSC(=N)N.NC(N)=S.[HH]. The van der Waals surface area contributed by atoms with Crippen LogP contribution in [0.5, 0.6) is 0 Å². The molecule has 0 aromatic rings. The van der Waals surface area contributed by atoms with Crippen LogP contribution in [-0.2, 0) is 0 Å². The third-order valence-corrected chi connectivity index (χ3v) is 1.59. The highest BCUT2D eigenvalue weighted by molar-refractivity contribution is 8.13. The zero-order valence-electron chi connectivity index (χ0n) is 9.56. The first-order valence-corrected chi connectivity index (χ1v) is 6.16. The summed E-state index contributed by atoms with van der Waals surface area (Å²) in [6.07, 6.45) is 0.922. The first-order valence-electron chi connectivity index (χ1n) is 4.23. The second kappa shape index (κ2) is 25.1. The summed E-state index contributed by atoms with van der Waals surface area (Å²) in [5.41, 5.74) is 14.2. The fourth-order valence-corrected chi connectivity index (χ4v) is 0.747. The monoisotopic (exact) mass is 332 g/mol. The van der Waals surface area contributed by atoms with Gasteiger partial charge in [-0.3, -0.25) is 5.41 Å². The van der Waals surface area contributed by atoms with E-state index in [9.17, 15) is 0 Å². The van der Waals surface area contributed by atoms with Crippen LogP contribution in [0.4, 0.5) is 0 Å². The molecule has 6 nitrogen and oxygen atoms in total. The van der Waals surface area contributed by atoms with Crippen LogP contribution in [0.1, 0.15) is 14.3 Å². The van der Waals surface area contributed by atoms with Crippen molar-refractivity contribution < 1.29 is 1.43 Å². The normalized spacial score (nSPS) is 6.61. The van der Waals surface area contributed by atoms with Gasteiger partial charge in [-0.1, -0.05) is 11.8 Å². The quantitative estimate of drug-likeness (QED) is 0.201. The first kappa shape index (κ1) is 25.8. The van der Waals surface area contributed by atoms with E-state index >= 15 is 0 Å². The van der Waals surface area contributed by atoms with Gasteiger partial charge in [-0.2, -0.15) is 10.5 Å². The largest absolute Gasteiger partial charge is 0.379 e. The summed E-state index contributed by atoms with van der Waals surface area (Å²) in [5.74, 6) is 1.09. The number of rotatable bonds is 3. The minimum Gasteiger partial charge on any atom is -0.379 e. The number of nitrogens with one attached hydrogen (secondary N) is 1. The van der Waals surface area contributed by atoms with Gasteiger partial charge in [0.1, 0.15) is 0 Å². The molecule has 0 amide bonds. The summed E-state index contributed by atoms with van der Waals surface area (Å²) in [7, 11) is 0. The second-order valence-electron chi connectivity index (χ2n) is 2.12. The number of hydrogen-bond acceptors (Lipinski definition) is 5. The van der Waals surface area contributed by atoms with E-state index in [-0.39, 0.29) is 24.1 Å². The number of amidine groups is 1. The number of halogens is 2. The maximum atomic E-state index is 8.00. The number of thioether (sulfide) groups is 1. The lowest BCUT2D eigenvalue weighted by molar-refractivity contribution is 1.23. The van der Waals surface area contributed by atoms with Crippen LogP contribution < -0.4 is 17.2 Å². The summed E-state index contributed by atoms with van der Waals surface area (Å²) in [6, 6.07) is 3.84. The zero-order valence-corrected chi connectivity index (χ0v) is 12.8. The van der Waals surface area contributed by atoms with Crippen molar-refractivity contribution in [3.63, 3.8) is 0 Å². The Morgan fingerprint density at radius 1 is 1.28 bits per heavy atom. The van der Waals surface area contributed by atoms with Gasteiger partial charge in [-0.05, 0) is 12.2 Å². The molecular formula is C8H18Cl2N6S2. The summed E-state index contributed by atoms with van der Waals surface area (Å²) < 4.78 is 0. The first-order chi connectivity index (χ1) is 7.92. The molecule has 7 N–H and O–H groups in total. The van der Waals surface area contributed by atoms with E-state index in [1.807, 2.05) is 12.1 Å². The Bertz CT molecular complexity index is 288. The van der Waals surface area contributed by atoms with Gasteiger partial charge in [0.15, 0.2) is 10.3 Å². The second-order valence-corrected chi connectivity index (χ2v) is 4.11. The summed E-state index contributed by atoms with van der Waals surface area (Å²) in [5, 5.41) is 22.5. The molecule has 0 aliphatic rings. The van der Waals surface area contributed by atoms with Crippen LogP contribution in [0.25, 0.3) is 0 Å². The molecule has 0 aromatic heterocycles. The molecule has 0 unspecified atom stereocenters. The molecule has 0 rings (SSSR count). The predicted octanol–water partition coefficient (Wildman–Crippen LogP) is 1.52. The maximum Gasteiger partial charge on any atom is 0.160 e. The van der Waals surface area contributed by atoms with Gasteiger partial charge in [0, 0.05) is 25.9 Å². The molecule has 0 saturated carbocycles. The van der Waals surface area contributed by atoms with E-state index < -0.39 is 0 Å². The molecule has 0 aromatic carbocycles. The van der Waals surface area contributed by atoms with Crippen molar-refractivity contribution in [3.05, 3.63) is 0 Å². The van der Waals surface area contributed by atoms with Crippen LogP contribution in [-0.4, -0.2) is 21.9 Å². The number of nitrogens with two attached hydrogens (primary N) is 3. The van der Waals surface area contributed by atoms with Gasteiger partial charge < -0.3 is 17.2 Å². The minimum absolute atomic E-state index is 0. The fraction of sp³-hybridized carbons (Fsp3) is 0.500.